The number of nitrogens with zero attached hydrogens (tertiary/aromatic N) is 2. The molecular weight excluding hydrogens is 569 g/mol. The lowest BCUT2D eigenvalue weighted by Crippen LogP contribution is -2.26. The average Bonchev–Trinajstić information content (AvgIpc) is 3.46. The lowest BCUT2D eigenvalue weighted by atomic mass is 9.75. The van der Waals surface area contributed by atoms with Gasteiger partial charge in [0.1, 0.15) is 0 Å². The molecule has 2 heterocycles. The highest BCUT2D eigenvalue weighted by Crippen LogP contribution is 2.48. The molecule has 0 N–H and O–H groups in total. The molecule has 0 saturated carbocycles. The Kier molecular flexibility index (Phi) is 6.20. The Labute approximate surface area is 275 Å². The van der Waals surface area contributed by atoms with Crippen molar-refractivity contribution in [3.63, 3.8) is 0 Å². The van der Waals surface area contributed by atoms with Crippen LogP contribution in [0.5, 0.6) is 0 Å². The van der Waals surface area contributed by atoms with Crippen LogP contribution in [0.2, 0.25) is 0 Å². The Balaban J connectivity index is 1.29. The van der Waals surface area contributed by atoms with E-state index in [1.54, 1.807) is 0 Å². The molecule has 0 amide bonds. The molecule has 2 nitrogen and oxygen atoms in total. The minimum Gasteiger partial charge on any atom is -0.310 e. The van der Waals surface area contributed by atoms with Gasteiger partial charge in [-0.05, 0) is 81.9 Å². The van der Waals surface area contributed by atoms with Gasteiger partial charge in [0.05, 0.1) is 16.7 Å². The van der Waals surface area contributed by atoms with E-state index in [1.807, 2.05) is 0 Å². The predicted molar refractivity (Wildman–Crippen MR) is 198 cm³/mol. The Bertz CT molecular complexity index is 2350. The molecule has 0 saturated heterocycles. The number of hydrogen-bond donors (Lipinski definition) is 0. The third-order valence-electron chi connectivity index (χ3n) is 9.94. The van der Waals surface area contributed by atoms with Gasteiger partial charge in [-0.25, -0.2) is 0 Å². The summed E-state index contributed by atoms with van der Waals surface area (Å²) >= 11 is 0. The van der Waals surface area contributed by atoms with Crippen LogP contribution in [0.15, 0.2) is 170 Å². The van der Waals surface area contributed by atoms with Crippen LogP contribution in [-0.2, 0) is 5.41 Å². The maximum absolute atomic E-state index is 2.49. The molecule has 2 heteroatoms. The molecule has 1 aliphatic heterocycles. The first-order chi connectivity index (χ1) is 23.1. The normalized spacial score (nSPS) is 13.1. The van der Waals surface area contributed by atoms with Gasteiger partial charge in [-0.15, -0.1) is 0 Å². The number of benzene rings is 7. The van der Waals surface area contributed by atoms with Gasteiger partial charge in [0.2, 0.25) is 0 Å². The average molecular weight is 603 g/mol. The second kappa shape index (κ2) is 10.6. The molecule has 1 aliphatic rings. The number of rotatable bonds is 5. The fourth-order valence-electron chi connectivity index (χ4n) is 7.65. The summed E-state index contributed by atoms with van der Waals surface area (Å²) in [4.78, 5) is 2.41. The SMILES string of the molecule is CC1(C)c2ccccc2-n2c3ccc(N(c4cccc(-c5ccccc5)c4)c4cccc(-c5ccccc5)c4)cc3c3cccc1c32. The van der Waals surface area contributed by atoms with Crippen molar-refractivity contribution in [1.29, 1.82) is 0 Å². The van der Waals surface area contributed by atoms with Crippen LogP contribution in [0.1, 0.15) is 25.0 Å². The predicted octanol–water partition coefficient (Wildman–Crippen LogP) is 12.2. The van der Waals surface area contributed by atoms with Crippen molar-refractivity contribution in [1.82, 2.24) is 4.57 Å². The lowest BCUT2D eigenvalue weighted by Gasteiger charge is -2.34. The van der Waals surface area contributed by atoms with E-state index in [2.05, 4.69) is 193 Å². The van der Waals surface area contributed by atoms with Gasteiger partial charge in [0.25, 0.3) is 0 Å². The summed E-state index contributed by atoms with van der Waals surface area (Å²) in [6.45, 7) is 4.71. The van der Waals surface area contributed by atoms with E-state index in [4.69, 9.17) is 0 Å². The summed E-state index contributed by atoms with van der Waals surface area (Å²) in [6, 6.07) is 61.8. The van der Waals surface area contributed by atoms with E-state index in [9.17, 15) is 0 Å². The highest BCUT2D eigenvalue weighted by atomic mass is 15.1. The zero-order valence-electron chi connectivity index (χ0n) is 26.6. The Morgan fingerprint density at radius 1 is 0.426 bits per heavy atom. The lowest BCUT2D eigenvalue weighted by molar-refractivity contribution is 0.630. The van der Waals surface area contributed by atoms with Crippen LogP contribution in [0, 0.1) is 0 Å². The van der Waals surface area contributed by atoms with Crippen molar-refractivity contribution in [2.24, 2.45) is 0 Å². The third kappa shape index (κ3) is 4.33. The monoisotopic (exact) mass is 602 g/mol. The second-order valence-corrected chi connectivity index (χ2v) is 13.0. The van der Waals surface area contributed by atoms with Gasteiger partial charge in [-0.1, -0.05) is 135 Å². The fourth-order valence-corrected chi connectivity index (χ4v) is 7.65. The molecule has 0 bridgehead atoms. The molecule has 224 valence electrons. The molecule has 0 fully saturated rings. The van der Waals surface area contributed by atoms with Crippen molar-refractivity contribution < 1.29 is 0 Å². The van der Waals surface area contributed by atoms with E-state index in [-0.39, 0.29) is 5.41 Å². The van der Waals surface area contributed by atoms with Crippen molar-refractivity contribution in [3.05, 3.63) is 181 Å². The Hall–Kier alpha value is -5.86. The zero-order valence-corrected chi connectivity index (χ0v) is 26.6. The first kappa shape index (κ1) is 27.5. The van der Waals surface area contributed by atoms with Gasteiger partial charge in [0, 0.05) is 33.2 Å². The van der Waals surface area contributed by atoms with Crippen molar-refractivity contribution in [2.45, 2.75) is 19.3 Å². The highest BCUT2D eigenvalue weighted by Gasteiger charge is 2.34. The van der Waals surface area contributed by atoms with Gasteiger partial charge in [-0.2, -0.15) is 0 Å². The van der Waals surface area contributed by atoms with Crippen molar-refractivity contribution >= 4 is 38.9 Å². The van der Waals surface area contributed by atoms with Crippen molar-refractivity contribution in [3.8, 4) is 27.9 Å². The van der Waals surface area contributed by atoms with Gasteiger partial charge in [-0.3, -0.25) is 0 Å². The number of anilines is 3. The van der Waals surface area contributed by atoms with Crippen LogP contribution in [-0.4, -0.2) is 4.57 Å². The maximum Gasteiger partial charge on any atom is 0.0582 e. The molecule has 0 aliphatic carbocycles. The molecule has 47 heavy (non-hydrogen) atoms. The summed E-state index contributed by atoms with van der Waals surface area (Å²) < 4.78 is 2.49. The molecule has 0 atom stereocenters. The smallest absolute Gasteiger partial charge is 0.0582 e. The standard InChI is InChI=1S/C45H34N2/c1-45(2)40-23-9-10-25-43(40)47-42-27-26-37(30-39(42)38-22-13-24-41(45)44(38)47)46(35-20-11-18-33(28-35)31-14-5-3-6-15-31)36-21-12-19-34(29-36)32-16-7-4-8-17-32/h3-30H,1-2H3. The number of fused-ring (bicyclic) bond motifs is 5. The second-order valence-electron chi connectivity index (χ2n) is 13.0. The van der Waals surface area contributed by atoms with E-state index in [0.29, 0.717) is 0 Å². The summed E-state index contributed by atoms with van der Waals surface area (Å²) in [6.07, 6.45) is 0. The largest absolute Gasteiger partial charge is 0.310 e. The number of para-hydroxylation sites is 2. The molecule has 0 radical (unpaired) electrons. The van der Waals surface area contributed by atoms with Crippen LogP contribution in [0.3, 0.4) is 0 Å². The summed E-state index contributed by atoms with van der Waals surface area (Å²) in [5.41, 5.74) is 14.6. The fraction of sp³-hybridized carbons (Fsp3) is 0.0667. The van der Waals surface area contributed by atoms with Crippen LogP contribution >= 0.6 is 0 Å². The van der Waals surface area contributed by atoms with E-state index >= 15 is 0 Å². The van der Waals surface area contributed by atoms with Gasteiger partial charge < -0.3 is 9.47 Å². The molecule has 8 aromatic rings. The van der Waals surface area contributed by atoms with Crippen LogP contribution < -0.4 is 4.90 Å². The van der Waals surface area contributed by atoms with Crippen LogP contribution in [0.4, 0.5) is 17.1 Å². The first-order valence-corrected chi connectivity index (χ1v) is 16.4. The third-order valence-corrected chi connectivity index (χ3v) is 9.94. The first-order valence-electron chi connectivity index (χ1n) is 16.4. The Morgan fingerprint density at radius 3 is 1.62 bits per heavy atom. The van der Waals surface area contributed by atoms with E-state index in [0.717, 1.165) is 17.1 Å². The zero-order chi connectivity index (χ0) is 31.5. The van der Waals surface area contributed by atoms with E-state index < -0.39 is 0 Å². The highest BCUT2D eigenvalue weighted by molar-refractivity contribution is 6.12. The summed E-state index contributed by atoms with van der Waals surface area (Å²) in [5.74, 6) is 0. The minimum atomic E-state index is -0.0922. The number of hydrogen-bond acceptors (Lipinski definition) is 1. The number of aromatic nitrogens is 1. The minimum absolute atomic E-state index is 0.0922. The summed E-state index contributed by atoms with van der Waals surface area (Å²) in [5, 5.41) is 2.55. The maximum atomic E-state index is 2.49. The van der Waals surface area contributed by atoms with Crippen LogP contribution in [0.25, 0.3) is 49.7 Å². The molecule has 0 spiro atoms. The van der Waals surface area contributed by atoms with Gasteiger partial charge in [0.15, 0.2) is 0 Å². The molecule has 0 unspecified atom stereocenters. The molecule has 1 aromatic heterocycles. The molecule has 9 rings (SSSR count). The molecular formula is C45H34N2. The van der Waals surface area contributed by atoms with Crippen molar-refractivity contribution in [2.75, 3.05) is 4.90 Å². The Morgan fingerprint density at radius 2 is 0.957 bits per heavy atom. The van der Waals surface area contributed by atoms with Gasteiger partial charge >= 0.3 is 0 Å². The van der Waals surface area contributed by atoms with E-state index in [1.165, 1.54) is 60.9 Å². The summed E-state index contributed by atoms with van der Waals surface area (Å²) in [7, 11) is 0. The topological polar surface area (TPSA) is 8.17 Å². The quantitative estimate of drug-likeness (QED) is 0.190. The molecule has 7 aromatic carbocycles.